The topological polar surface area (TPSA) is 66.4 Å². The van der Waals surface area contributed by atoms with Gasteiger partial charge in [-0.05, 0) is 42.4 Å². The molecule has 0 heterocycles. The second-order valence-corrected chi connectivity index (χ2v) is 5.38. The quantitative estimate of drug-likeness (QED) is 0.839. The molecule has 4 nitrogen and oxygen atoms in total. The highest BCUT2D eigenvalue weighted by Gasteiger charge is 2.37. The van der Waals surface area contributed by atoms with Gasteiger partial charge in [0.15, 0.2) is 0 Å². The third kappa shape index (κ3) is 3.79. The summed E-state index contributed by atoms with van der Waals surface area (Å²) in [5, 5.41) is 11.6. The molecule has 1 fully saturated rings. The molecule has 0 saturated heterocycles. The maximum Gasteiger partial charge on any atom is 0.326 e. The van der Waals surface area contributed by atoms with Crippen LogP contribution in [-0.4, -0.2) is 23.0 Å². The molecule has 0 spiro atoms. The Morgan fingerprint density at radius 1 is 1.45 bits per heavy atom. The number of carbonyl (C=O) groups excluding carboxylic acids is 1. The summed E-state index contributed by atoms with van der Waals surface area (Å²) in [6.45, 7) is 1.82. The molecule has 0 bridgehead atoms. The summed E-state index contributed by atoms with van der Waals surface area (Å²) in [5.74, 6) is -1.73. The number of aliphatic carboxylic acids is 1. The van der Waals surface area contributed by atoms with Gasteiger partial charge in [-0.25, -0.2) is 9.18 Å². The summed E-state index contributed by atoms with van der Waals surface area (Å²) in [7, 11) is 0. The van der Waals surface area contributed by atoms with Gasteiger partial charge in [0.05, 0.1) is 0 Å². The Bertz CT molecular complexity index is 514. The zero-order valence-electron chi connectivity index (χ0n) is 11.3. The number of hydrogen-bond acceptors (Lipinski definition) is 2. The van der Waals surface area contributed by atoms with Crippen LogP contribution in [-0.2, 0) is 9.59 Å². The number of rotatable bonds is 6. The molecular formula is C15H18FNO3. The fourth-order valence-electron chi connectivity index (χ4n) is 2.25. The van der Waals surface area contributed by atoms with Gasteiger partial charge in [-0.1, -0.05) is 19.1 Å². The molecule has 1 aliphatic carbocycles. The van der Waals surface area contributed by atoms with Crippen molar-refractivity contribution in [1.29, 1.82) is 0 Å². The lowest BCUT2D eigenvalue weighted by molar-refractivity contribution is -0.142. The molecule has 1 saturated carbocycles. The molecule has 0 aliphatic heterocycles. The van der Waals surface area contributed by atoms with Crippen molar-refractivity contribution in [3.63, 3.8) is 0 Å². The summed E-state index contributed by atoms with van der Waals surface area (Å²) in [6, 6.07) is 5.32. The SMILES string of the molecule is CC(CC(=O)NC(C(=O)O)C1CC1)c1cccc(F)c1. The number of hydrogen-bond donors (Lipinski definition) is 2. The molecule has 20 heavy (non-hydrogen) atoms. The number of amides is 1. The molecule has 2 rings (SSSR count). The van der Waals surface area contributed by atoms with Crippen LogP contribution in [0.1, 0.15) is 37.7 Å². The van der Waals surface area contributed by atoms with Crippen molar-refractivity contribution in [2.75, 3.05) is 0 Å². The highest BCUT2D eigenvalue weighted by molar-refractivity contribution is 5.84. The van der Waals surface area contributed by atoms with Gasteiger partial charge in [0.25, 0.3) is 0 Å². The van der Waals surface area contributed by atoms with Gasteiger partial charge in [-0.2, -0.15) is 0 Å². The minimum atomic E-state index is -0.987. The number of carboxylic acids is 1. The lowest BCUT2D eigenvalue weighted by Crippen LogP contribution is -2.42. The predicted molar refractivity (Wildman–Crippen MR) is 71.7 cm³/mol. The van der Waals surface area contributed by atoms with Crippen LogP contribution < -0.4 is 5.32 Å². The van der Waals surface area contributed by atoms with Gasteiger partial charge in [0, 0.05) is 6.42 Å². The maximum atomic E-state index is 13.1. The number of halogens is 1. The van der Waals surface area contributed by atoms with Crippen molar-refractivity contribution in [2.45, 2.75) is 38.1 Å². The summed E-state index contributed by atoms with van der Waals surface area (Å²) < 4.78 is 13.1. The van der Waals surface area contributed by atoms with Crippen molar-refractivity contribution < 1.29 is 19.1 Å². The van der Waals surface area contributed by atoms with Crippen molar-refractivity contribution in [3.05, 3.63) is 35.6 Å². The van der Waals surface area contributed by atoms with E-state index in [1.54, 1.807) is 12.1 Å². The molecule has 2 atom stereocenters. The maximum absolute atomic E-state index is 13.1. The predicted octanol–water partition coefficient (Wildman–Crippen LogP) is 2.30. The van der Waals surface area contributed by atoms with Crippen molar-refractivity contribution in [2.24, 2.45) is 5.92 Å². The van der Waals surface area contributed by atoms with Crippen LogP contribution in [0.3, 0.4) is 0 Å². The van der Waals surface area contributed by atoms with Crippen LogP contribution >= 0.6 is 0 Å². The molecule has 108 valence electrons. The van der Waals surface area contributed by atoms with Gasteiger partial charge in [-0.3, -0.25) is 4.79 Å². The molecule has 0 radical (unpaired) electrons. The molecule has 2 unspecified atom stereocenters. The highest BCUT2D eigenvalue weighted by atomic mass is 19.1. The van der Waals surface area contributed by atoms with Gasteiger partial charge < -0.3 is 10.4 Å². The summed E-state index contributed by atoms with van der Waals surface area (Å²) in [6.07, 6.45) is 1.84. The molecule has 1 aromatic rings. The highest BCUT2D eigenvalue weighted by Crippen LogP contribution is 2.33. The second kappa shape index (κ2) is 6.03. The average molecular weight is 279 g/mol. The summed E-state index contributed by atoms with van der Waals surface area (Å²) in [5.41, 5.74) is 0.735. The van der Waals surface area contributed by atoms with E-state index >= 15 is 0 Å². The van der Waals surface area contributed by atoms with E-state index in [-0.39, 0.29) is 30.0 Å². The van der Waals surface area contributed by atoms with Crippen LogP contribution in [0.15, 0.2) is 24.3 Å². The first-order valence-electron chi connectivity index (χ1n) is 6.75. The molecular weight excluding hydrogens is 261 g/mol. The first-order valence-corrected chi connectivity index (χ1v) is 6.75. The Morgan fingerprint density at radius 2 is 2.15 bits per heavy atom. The standard InChI is InChI=1S/C15H18FNO3/c1-9(11-3-2-4-12(16)8-11)7-13(18)17-14(15(19)20)10-5-6-10/h2-4,8-10,14H,5-7H2,1H3,(H,17,18)(H,19,20). The zero-order chi connectivity index (χ0) is 14.7. The summed E-state index contributed by atoms with van der Waals surface area (Å²) in [4.78, 5) is 22.9. The molecule has 1 aliphatic rings. The minimum absolute atomic E-state index is 0.0564. The van der Waals surface area contributed by atoms with E-state index in [2.05, 4.69) is 5.32 Å². The van der Waals surface area contributed by atoms with Gasteiger partial charge in [0.2, 0.25) is 5.91 Å². The third-order valence-electron chi connectivity index (χ3n) is 3.59. The van der Waals surface area contributed by atoms with E-state index in [0.29, 0.717) is 0 Å². The molecule has 1 amide bonds. The van der Waals surface area contributed by atoms with Crippen molar-refractivity contribution in [3.8, 4) is 0 Å². The zero-order valence-corrected chi connectivity index (χ0v) is 11.3. The van der Waals surface area contributed by atoms with E-state index in [1.165, 1.54) is 12.1 Å². The van der Waals surface area contributed by atoms with E-state index in [4.69, 9.17) is 5.11 Å². The number of benzene rings is 1. The Hall–Kier alpha value is -1.91. The Morgan fingerprint density at radius 3 is 2.70 bits per heavy atom. The minimum Gasteiger partial charge on any atom is -0.480 e. The Kier molecular flexibility index (Phi) is 4.37. The molecule has 1 aromatic carbocycles. The smallest absolute Gasteiger partial charge is 0.326 e. The molecule has 5 heteroatoms. The van der Waals surface area contributed by atoms with Gasteiger partial charge in [0.1, 0.15) is 11.9 Å². The van der Waals surface area contributed by atoms with E-state index in [0.717, 1.165) is 18.4 Å². The van der Waals surface area contributed by atoms with Crippen molar-refractivity contribution in [1.82, 2.24) is 5.32 Å². The molecule has 0 aromatic heterocycles. The lowest BCUT2D eigenvalue weighted by Gasteiger charge is -2.16. The fraction of sp³-hybridized carbons (Fsp3) is 0.467. The first kappa shape index (κ1) is 14.5. The van der Waals surface area contributed by atoms with E-state index < -0.39 is 12.0 Å². The lowest BCUT2D eigenvalue weighted by atomic mass is 9.97. The van der Waals surface area contributed by atoms with Gasteiger partial charge in [-0.15, -0.1) is 0 Å². The van der Waals surface area contributed by atoms with Crippen LogP contribution in [0.5, 0.6) is 0 Å². The van der Waals surface area contributed by atoms with Crippen LogP contribution in [0.2, 0.25) is 0 Å². The largest absolute Gasteiger partial charge is 0.480 e. The van der Waals surface area contributed by atoms with Crippen LogP contribution in [0.4, 0.5) is 4.39 Å². The Labute approximate surface area is 117 Å². The van der Waals surface area contributed by atoms with Crippen LogP contribution in [0, 0.1) is 11.7 Å². The first-order chi connectivity index (χ1) is 9.47. The monoisotopic (exact) mass is 279 g/mol. The normalized spacial score (nSPS) is 17.3. The third-order valence-corrected chi connectivity index (χ3v) is 3.59. The second-order valence-electron chi connectivity index (χ2n) is 5.38. The number of nitrogens with one attached hydrogen (secondary N) is 1. The summed E-state index contributed by atoms with van der Waals surface area (Å²) >= 11 is 0. The molecule has 2 N–H and O–H groups in total. The van der Waals surface area contributed by atoms with Gasteiger partial charge >= 0.3 is 5.97 Å². The van der Waals surface area contributed by atoms with Crippen LogP contribution in [0.25, 0.3) is 0 Å². The number of carboxylic acid groups (broad SMARTS) is 1. The van der Waals surface area contributed by atoms with Crippen molar-refractivity contribution >= 4 is 11.9 Å². The van der Waals surface area contributed by atoms with E-state index in [9.17, 15) is 14.0 Å². The number of carbonyl (C=O) groups is 2. The fourth-order valence-corrected chi connectivity index (χ4v) is 2.25. The Balaban J connectivity index is 1.92. The van der Waals surface area contributed by atoms with E-state index in [1.807, 2.05) is 6.92 Å². The average Bonchev–Trinajstić information content (AvgIpc) is 3.19.